The average molecular weight is 329 g/mol. The standard InChI is InChI=1S/C13H17BrN2OS/c1-2-7-18-8-6-15-10-13(17)16-12-5-3-4-11(14)9-12/h2-5,9,15H,1,6-8,10H2,(H,16,17). The zero-order chi connectivity index (χ0) is 13.2. The molecule has 3 nitrogen and oxygen atoms in total. The van der Waals surface area contributed by atoms with E-state index < -0.39 is 0 Å². The van der Waals surface area contributed by atoms with Crippen LogP contribution in [0.2, 0.25) is 0 Å². The van der Waals surface area contributed by atoms with E-state index in [0.717, 1.165) is 28.2 Å². The number of nitrogens with one attached hydrogen (secondary N) is 2. The van der Waals surface area contributed by atoms with Crippen molar-refractivity contribution in [1.82, 2.24) is 5.32 Å². The number of amides is 1. The Bertz CT molecular complexity index is 398. The highest BCUT2D eigenvalue weighted by atomic mass is 79.9. The predicted molar refractivity (Wildman–Crippen MR) is 83.2 cm³/mol. The summed E-state index contributed by atoms with van der Waals surface area (Å²) in [7, 11) is 0. The van der Waals surface area contributed by atoms with Gasteiger partial charge in [-0.1, -0.05) is 28.1 Å². The molecule has 0 aliphatic rings. The minimum Gasteiger partial charge on any atom is -0.325 e. The maximum absolute atomic E-state index is 11.6. The van der Waals surface area contributed by atoms with Crippen LogP contribution in [0.3, 0.4) is 0 Å². The Labute approximate surface area is 121 Å². The van der Waals surface area contributed by atoms with Crippen molar-refractivity contribution in [1.29, 1.82) is 0 Å². The van der Waals surface area contributed by atoms with Gasteiger partial charge in [0.2, 0.25) is 5.91 Å². The molecule has 5 heteroatoms. The normalized spacial score (nSPS) is 10.1. The summed E-state index contributed by atoms with van der Waals surface area (Å²) in [5.74, 6) is 1.91. The van der Waals surface area contributed by atoms with Crippen LogP contribution in [-0.4, -0.2) is 30.5 Å². The van der Waals surface area contributed by atoms with Gasteiger partial charge in [0.1, 0.15) is 0 Å². The number of carbonyl (C=O) groups is 1. The van der Waals surface area contributed by atoms with Crippen molar-refractivity contribution in [2.45, 2.75) is 0 Å². The highest BCUT2D eigenvalue weighted by molar-refractivity contribution is 9.10. The number of thioether (sulfide) groups is 1. The van der Waals surface area contributed by atoms with Crippen molar-refractivity contribution >= 4 is 39.3 Å². The van der Waals surface area contributed by atoms with Crippen molar-refractivity contribution in [2.24, 2.45) is 0 Å². The zero-order valence-corrected chi connectivity index (χ0v) is 12.5. The van der Waals surface area contributed by atoms with Gasteiger partial charge in [0, 0.05) is 28.2 Å². The lowest BCUT2D eigenvalue weighted by Crippen LogP contribution is -2.29. The largest absolute Gasteiger partial charge is 0.325 e. The first-order chi connectivity index (χ1) is 8.72. The first-order valence-corrected chi connectivity index (χ1v) is 7.62. The van der Waals surface area contributed by atoms with Crippen LogP contribution in [0.15, 0.2) is 41.4 Å². The summed E-state index contributed by atoms with van der Waals surface area (Å²) in [6, 6.07) is 7.55. The van der Waals surface area contributed by atoms with E-state index >= 15 is 0 Å². The van der Waals surface area contributed by atoms with Crippen LogP contribution in [0.1, 0.15) is 0 Å². The summed E-state index contributed by atoms with van der Waals surface area (Å²) in [5.41, 5.74) is 0.803. The third kappa shape index (κ3) is 6.83. The second-order valence-corrected chi connectivity index (χ2v) is 5.66. The van der Waals surface area contributed by atoms with Crippen LogP contribution < -0.4 is 10.6 Å². The molecule has 0 saturated carbocycles. The van der Waals surface area contributed by atoms with Crippen LogP contribution in [0, 0.1) is 0 Å². The number of halogens is 1. The smallest absolute Gasteiger partial charge is 0.238 e. The van der Waals surface area contributed by atoms with Crippen LogP contribution in [-0.2, 0) is 4.79 Å². The van der Waals surface area contributed by atoms with Gasteiger partial charge in [-0.3, -0.25) is 4.79 Å². The number of hydrogen-bond donors (Lipinski definition) is 2. The van der Waals surface area contributed by atoms with E-state index in [1.165, 1.54) is 0 Å². The predicted octanol–water partition coefficient (Wildman–Crippen LogP) is 2.90. The summed E-state index contributed by atoms with van der Waals surface area (Å²) in [4.78, 5) is 11.6. The van der Waals surface area contributed by atoms with Gasteiger partial charge in [-0.05, 0) is 18.2 Å². The molecule has 98 valence electrons. The van der Waals surface area contributed by atoms with Gasteiger partial charge in [0.25, 0.3) is 0 Å². The Balaban J connectivity index is 2.16. The maximum atomic E-state index is 11.6. The highest BCUT2D eigenvalue weighted by Gasteiger charge is 2.01. The molecule has 0 heterocycles. The molecule has 0 radical (unpaired) electrons. The lowest BCUT2D eigenvalue weighted by molar-refractivity contribution is -0.115. The molecule has 18 heavy (non-hydrogen) atoms. The number of hydrogen-bond acceptors (Lipinski definition) is 3. The lowest BCUT2D eigenvalue weighted by atomic mass is 10.3. The summed E-state index contributed by atoms with van der Waals surface area (Å²) in [6.07, 6.45) is 1.88. The van der Waals surface area contributed by atoms with Crippen molar-refractivity contribution in [2.75, 3.05) is 29.9 Å². The zero-order valence-electron chi connectivity index (χ0n) is 10.1. The molecule has 1 aromatic carbocycles. The molecule has 0 aliphatic carbocycles. The van der Waals surface area contributed by atoms with E-state index in [-0.39, 0.29) is 5.91 Å². The van der Waals surface area contributed by atoms with Crippen LogP contribution in [0.4, 0.5) is 5.69 Å². The molecule has 0 atom stereocenters. The quantitative estimate of drug-likeness (QED) is 0.569. The Hall–Kier alpha value is -0.780. The SMILES string of the molecule is C=CCSCCNCC(=O)Nc1cccc(Br)c1. The topological polar surface area (TPSA) is 41.1 Å². The molecular weight excluding hydrogens is 312 g/mol. The van der Waals surface area contributed by atoms with E-state index in [0.29, 0.717) is 6.54 Å². The summed E-state index contributed by atoms with van der Waals surface area (Å²) < 4.78 is 0.953. The fourth-order valence-corrected chi connectivity index (χ4v) is 2.31. The number of rotatable bonds is 8. The fraction of sp³-hybridized carbons (Fsp3) is 0.308. The van der Waals surface area contributed by atoms with Gasteiger partial charge < -0.3 is 10.6 Å². The molecule has 0 spiro atoms. The third-order valence-corrected chi connectivity index (χ3v) is 3.51. The highest BCUT2D eigenvalue weighted by Crippen LogP contribution is 2.15. The van der Waals surface area contributed by atoms with Crippen LogP contribution in [0.25, 0.3) is 0 Å². The Morgan fingerprint density at radius 1 is 1.50 bits per heavy atom. The molecule has 0 fully saturated rings. The third-order valence-electron chi connectivity index (χ3n) is 2.05. The van der Waals surface area contributed by atoms with Crippen LogP contribution >= 0.6 is 27.7 Å². The minimum atomic E-state index is -0.0261. The van der Waals surface area contributed by atoms with E-state index in [1.54, 1.807) is 11.8 Å². The van der Waals surface area contributed by atoms with Crippen molar-refractivity contribution in [3.63, 3.8) is 0 Å². The Morgan fingerprint density at radius 2 is 2.33 bits per heavy atom. The number of benzene rings is 1. The second kappa shape index (κ2) is 9.19. The van der Waals surface area contributed by atoms with Gasteiger partial charge in [-0.2, -0.15) is 11.8 Å². The Kier molecular flexibility index (Phi) is 7.80. The summed E-state index contributed by atoms with van der Waals surface area (Å²) in [6.45, 7) is 4.81. The first kappa shape index (κ1) is 15.3. The van der Waals surface area contributed by atoms with E-state index in [9.17, 15) is 4.79 Å². The molecule has 0 bridgehead atoms. The molecular formula is C13H17BrN2OS. The average Bonchev–Trinajstić information content (AvgIpc) is 2.33. The molecule has 0 aliphatic heterocycles. The summed E-state index contributed by atoms with van der Waals surface area (Å²) >= 11 is 5.15. The molecule has 1 aromatic rings. The summed E-state index contributed by atoms with van der Waals surface area (Å²) in [5, 5.41) is 5.93. The number of anilines is 1. The van der Waals surface area contributed by atoms with Crippen LogP contribution in [0.5, 0.6) is 0 Å². The molecule has 1 amide bonds. The molecule has 0 aromatic heterocycles. The van der Waals surface area contributed by atoms with Gasteiger partial charge in [-0.15, -0.1) is 6.58 Å². The number of carbonyl (C=O) groups excluding carboxylic acids is 1. The first-order valence-electron chi connectivity index (χ1n) is 5.67. The molecule has 2 N–H and O–H groups in total. The molecule has 0 saturated heterocycles. The van der Waals surface area contributed by atoms with E-state index in [4.69, 9.17) is 0 Å². The van der Waals surface area contributed by atoms with Crippen molar-refractivity contribution in [3.8, 4) is 0 Å². The maximum Gasteiger partial charge on any atom is 0.238 e. The van der Waals surface area contributed by atoms with Crippen molar-refractivity contribution < 1.29 is 4.79 Å². The van der Waals surface area contributed by atoms with Gasteiger partial charge >= 0.3 is 0 Å². The minimum absolute atomic E-state index is 0.0261. The van der Waals surface area contributed by atoms with Crippen molar-refractivity contribution in [3.05, 3.63) is 41.4 Å². The lowest BCUT2D eigenvalue weighted by Gasteiger charge is -2.06. The van der Waals surface area contributed by atoms with Gasteiger partial charge in [0.15, 0.2) is 0 Å². The van der Waals surface area contributed by atoms with E-state index in [2.05, 4.69) is 33.1 Å². The second-order valence-electron chi connectivity index (χ2n) is 3.60. The monoisotopic (exact) mass is 328 g/mol. The molecule has 0 unspecified atom stereocenters. The molecule has 1 rings (SSSR count). The Morgan fingerprint density at radius 3 is 3.06 bits per heavy atom. The van der Waals surface area contributed by atoms with Gasteiger partial charge in [-0.25, -0.2) is 0 Å². The van der Waals surface area contributed by atoms with Gasteiger partial charge in [0.05, 0.1) is 6.54 Å². The fourth-order valence-electron chi connectivity index (χ4n) is 1.28. The van der Waals surface area contributed by atoms with E-state index in [1.807, 2.05) is 30.3 Å².